The molecule has 0 radical (unpaired) electrons. The van der Waals surface area contributed by atoms with Crippen molar-refractivity contribution in [3.63, 3.8) is 0 Å². The van der Waals surface area contributed by atoms with Gasteiger partial charge in [0.25, 0.3) is 5.91 Å². The summed E-state index contributed by atoms with van der Waals surface area (Å²) >= 11 is 0. The van der Waals surface area contributed by atoms with Crippen LogP contribution in [0.4, 0.5) is 5.82 Å². The molecule has 1 aromatic heterocycles. The predicted octanol–water partition coefficient (Wildman–Crippen LogP) is 0.854. The minimum absolute atomic E-state index is 0.145. The van der Waals surface area contributed by atoms with Crippen LogP contribution in [0.25, 0.3) is 0 Å². The van der Waals surface area contributed by atoms with Gasteiger partial charge in [0, 0.05) is 37.6 Å². The molecule has 1 unspecified atom stereocenters. The van der Waals surface area contributed by atoms with E-state index < -0.39 is 0 Å². The fourth-order valence-electron chi connectivity index (χ4n) is 2.82. The summed E-state index contributed by atoms with van der Waals surface area (Å²) in [7, 11) is 1.63. The van der Waals surface area contributed by atoms with Gasteiger partial charge in [0.2, 0.25) is 0 Å². The number of ether oxygens (including phenoxy) is 1. The van der Waals surface area contributed by atoms with Crippen LogP contribution >= 0.6 is 0 Å². The number of hydrogen-bond acceptors (Lipinski definition) is 6. The largest absolute Gasteiger partial charge is 0.496 e. The number of anilines is 1. The molecule has 0 saturated carbocycles. The quantitative estimate of drug-likeness (QED) is 0.873. The molecule has 3 N–H and O–H groups in total. The summed E-state index contributed by atoms with van der Waals surface area (Å²) in [4.78, 5) is 22.7. The molecule has 3 rings (SSSR count). The molecule has 1 aromatic carbocycles. The van der Waals surface area contributed by atoms with Crippen molar-refractivity contribution in [2.75, 3.05) is 32.5 Å². The smallest absolute Gasteiger partial charge is 0.276 e. The molecule has 23 heavy (non-hydrogen) atoms. The van der Waals surface area contributed by atoms with Crippen LogP contribution in [-0.4, -0.2) is 47.5 Å². The first-order valence-electron chi connectivity index (χ1n) is 7.43. The number of carbonyl (C=O) groups excluding carboxylic acids is 1. The summed E-state index contributed by atoms with van der Waals surface area (Å²) in [6, 6.07) is 7.56. The Morgan fingerprint density at radius 3 is 2.91 bits per heavy atom. The van der Waals surface area contributed by atoms with E-state index in [1.165, 1.54) is 12.4 Å². The van der Waals surface area contributed by atoms with Gasteiger partial charge in [0.1, 0.15) is 5.75 Å². The molecule has 2 heterocycles. The highest BCUT2D eigenvalue weighted by Crippen LogP contribution is 2.31. The van der Waals surface area contributed by atoms with Crippen LogP contribution in [-0.2, 0) is 0 Å². The fourth-order valence-corrected chi connectivity index (χ4v) is 2.82. The van der Waals surface area contributed by atoms with Crippen LogP contribution in [0.2, 0.25) is 0 Å². The van der Waals surface area contributed by atoms with Gasteiger partial charge in [-0.2, -0.15) is 0 Å². The van der Waals surface area contributed by atoms with Gasteiger partial charge in [-0.15, -0.1) is 0 Å². The number of amides is 1. The number of piperazine rings is 1. The molecule has 0 aliphatic carbocycles. The fraction of sp³-hybridized carbons (Fsp3) is 0.312. The predicted molar refractivity (Wildman–Crippen MR) is 86.1 cm³/mol. The van der Waals surface area contributed by atoms with Gasteiger partial charge >= 0.3 is 0 Å². The zero-order valence-electron chi connectivity index (χ0n) is 12.9. The molecule has 1 saturated heterocycles. The molecule has 7 heteroatoms. The lowest BCUT2D eigenvalue weighted by Gasteiger charge is -2.36. The van der Waals surface area contributed by atoms with Crippen LogP contribution in [0, 0.1) is 0 Å². The van der Waals surface area contributed by atoms with E-state index in [2.05, 4.69) is 15.3 Å². The van der Waals surface area contributed by atoms with E-state index in [9.17, 15) is 4.79 Å². The van der Waals surface area contributed by atoms with Crippen LogP contribution in [0.5, 0.6) is 5.75 Å². The van der Waals surface area contributed by atoms with E-state index >= 15 is 0 Å². The Bertz CT molecular complexity index is 706. The Labute approximate surface area is 134 Å². The van der Waals surface area contributed by atoms with Crippen LogP contribution in [0.3, 0.4) is 0 Å². The van der Waals surface area contributed by atoms with Crippen molar-refractivity contribution < 1.29 is 9.53 Å². The van der Waals surface area contributed by atoms with Crippen molar-refractivity contribution in [1.29, 1.82) is 0 Å². The molecule has 2 aromatic rings. The molecular formula is C16H19N5O2. The summed E-state index contributed by atoms with van der Waals surface area (Å²) in [5.74, 6) is 0.689. The summed E-state index contributed by atoms with van der Waals surface area (Å²) in [6.45, 7) is 1.93. The number of methoxy groups -OCH3 is 1. The highest BCUT2D eigenvalue weighted by atomic mass is 16.5. The van der Waals surface area contributed by atoms with Gasteiger partial charge in [-0.05, 0) is 6.07 Å². The lowest BCUT2D eigenvalue weighted by atomic mass is 10.0. The molecule has 7 nitrogen and oxygen atoms in total. The van der Waals surface area contributed by atoms with E-state index in [-0.39, 0.29) is 23.5 Å². The number of rotatable bonds is 3. The maximum absolute atomic E-state index is 12.9. The van der Waals surface area contributed by atoms with Crippen molar-refractivity contribution >= 4 is 11.7 Å². The number of nitrogens with two attached hydrogens (primary N) is 1. The van der Waals surface area contributed by atoms with Gasteiger partial charge in [-0.1, -0.05) is 18.2 Å². The first-order valence-corrected chi connectivity index (χ1v) is 7.43. The lowest BCUT2D eigenvalue weighted by molar-refractivity contribution is 0.0626. The normalized spacial score (nSPS) is 17.8. The van der Waals surface area contributed by atoms with Gasteiger partial charge in [0.15, 0.2) is 11.5 Å². The summed E-state index contributed by atoms with van der Waals surface area (Å²) in [5, 5.41) is 3.32. The highest BCUT2D eigenvalue weighted by Gasteiger charge is 2.32. The standard InChI is InChI=1S/C16H19N5O2/c1-23-13-5-3-2-4-11(13)12-10-18-8-9-21(12)16(22)14-15(17)20-7-6-19-14/h2-7,12,18H,8-10H2,1H3,(H2,17,20). The summed E-state index contributed by atoms with van der Waals surface area (Å²) in [5.41, 5.74) is 6.95. The topological polar surface area (TPSA) is 93.4 Å². The zero-order chi connectivity index (χ0) is 16.2. The monoisotopic (exact) mass is 313 g/mol. The van der Waals surface area contributed by atoms with Crippen molar-refractivity contribution in [2.24, 2.45) is 0 Å². The third-order valence-corrected chi connectivity index (χ3v) is 3.93. The highest BCUT2D eigenvalue weighted by molar-refractivity contribution is 5.96. The molecular weight excluding hydrogens is 294 g/mol. The Hall–Kier alpha value is -2.67. The second kappa shape index (κ2) is 6.62. The average Bonchev–Trinajstić information content (AvgIpc) is 2.61. The van der Waals surface area contributed by atoms with Crippen molar-refractivity contribution in [1.82, 2.24) is 20.2 Å². The summed E-state index contributed by atoms with van der Waals surface area (Å²) in [6.07, 6.45) is 2.95. The Morgan fingerprint density at radius 2 is 2.13 bits per heavy atom. The van der Waals surface area contributed by atoms with E-state index in [1.54, 1.807) is 12.0 Å². The number of carbonyl (C=O) groups is 1. The van der Waals surface area contributed by atoms with E-state index in [0.717, 1.165) is 17.9 Å². The first kappa shape index (κ1) is 15.2. The molecule has 0 bridgehead atoms. The van der Waals surface area contributed by atoms with Crippen LogP contribution < -0.4 is 15.8 Å². The second-order valence-electron chi connectivity index (χ2n) is 5.25. The third-order valence-electron chi connectivity index (χ3n) is 3.93. The molecule has 120 valence electrons. The number of benzene rings is 1. The zero-order valence-corrected chi connectivity index (χ0v) is 12.9. The molecule has 0 spiro atoms. The number of nitrogens with zero attached hydrogens (tertiary/aromatic N) is 3. The van der Waals surface area contributed by atoms with Gasteiger partial charge in [0.05, 0.1) is 13.2 Å². The SMILES string of the molecule is COc1ccccc1C1CNCCN1C(=O)c1nccnc1N. The number of nitrogen functional groups attached to an aromatic ring is 1. The van der Waals surface area contributed by atoms with E-state index in [1.807, 2.05) is 24.3 Å². The number of aromatic nitrogens is 2. The van der Waals surface area contributed by atoms with Crippen molar-refractivity contribution in [3.8, 4) is 5.75 Å². The van der Waals surface area contributed by atoms with Crippen LogP contribution in [0.15, 0.2) is 36.7 Å². The Balaban J connectivity index is 1.96. The molecule has 1 aliphatic heterocycles. The van der Waals surface area contributed by atoms with E-state index in [0.29, 0.717) is 13.1 Å². The maximum atomic E-state index is 12.9. The number of hydrogen-bond donors (Lipinski definition) is 2. The Morgan fingerprint density at radius 1 is 1.35 bits per heavy atom. The molecule has 1 atom stereocenters. The van der Waals surface area contributed by atoms with Gasteiger partial charge in [-0.25, -0.2) is 9.97 Å². The number of nitrogens with one attached hydrogen (secondary N) is 1. The number of para-hydroxylation sites is 1. The summed E-state index contributed by atoms with van der Waals surface area (Å²) < 4.78 is 5.44. The molecule has 1 aliphatic rings. The second-order valence-corrected chi connectivity index (χ2v) is 5.25. The Kier molecular flexibility index (Phi) is 4.38. The third kappa shape index (κ3) is 2.95. The average molecular weight is 313 g/mol. The van der Waals surface area contributed by atoms with Gasteiger partial charge < -0.3 is 20.7 Å². The van der Waals surface area contributed by atoms with E-state index in [4.69, 9.17) is 10.5 Å². The minimum Gasteiger partial charge on any atom is -0.496 e. The maximum Gasteiger partial charge on any atom is 0.276 e. The molecule has 1 amide bonds. The van der Waals surface area contributed by atoms with Crippen molar-refractivity contribution in [3.05, 3.63) is 47.9 Å². The van der Waals surface area contributed by atoms with Gasteiger partial charge in [-0.3, -0.25) is 4.79 Å². The first-order chi connectivity index (χ1) is 11.2. The minimum atomic E-state index is -0.215. The van der Waals surface area contributed by atoms with Crippen molar-refractivity contribution in [2.45, 2.75) is 6.04 Å². The lowest BCUT2D eigenvalue weighted by Crippen LogP contribution is -2.49. The molecule has 1 fully saturated rings. The van der Waals surface area contributed by atoms with Crippen LogP contribution in [0.1, 0.15) is 22.1 Å².